The number of carbonyl (C=O) groups excluding carboxylic acids is 3. The van der Waals surface area contributed by atoms with Crippen LogP contribution < -0.4 is 21.7 Å². The highest BCUT2D eigenvalue weighted by Crippen LogP contribution is 2.01. The van der Waals surface area contributed by atoms with Crippen molar-refractivity contribution in [2.45, 2.75) is 43.9 Å². The van der Waals surface area contributed by atoms with E-state index in [1.54, 1.807) is 0 Å². The van der Waals surface area contributed by atoms with Crippen molar-refractivity contribution >= 4 is 42.3 Å². The molecule has 0 radical (unpaired) electrons. The molecule has 4 atom stereocenters. The van der Waals surface area contributed by atoms with Crippen LogP contribution in [0.25, 0.3) is 0 Å². The third-order valence-corrected chi connectivity index (χ3v) is 3.76. The summed E-state index contributed by atoms with van der Waals surface area (Å²) in [6.45, 7) is 0.424. The molecule has 8 N–H and O–H groups in total. The second-order valence-corrected chi connectivity index (χ2v) is 5.96. The number of carbonyl (C=O) groups is 5. The molecule has 154 valence electrons. The van der Waals surface area contributed by atoms with E-state index in [0.29, 0.717) is 0 Å². The van der Waals surface area contributed by atoms with Crippen molar-refractivity contribution in [3.8, 4) is 0 Å². The lowest BCUT2D eigenvalue weighted by Crippen LogP contribution is -2.57. The van der Waals surface area contributed by atoms with Crippen molar-refractivity contribution in [2.75, 3.05) is 12.4 Å². The lowest BCUT2D eigenvalue weighted by Gasteiger charge is -2.22. The van der Waals surface area contributed by atoms with Gasteiger partial charge in [0.1, 0.15) is 18.1 Å². The SMILES string of the molecule is CC(NC(=O)C(N)CS)C(=O)NC(CCC(=O)O)C(=O)NC(CO)C(=O)O. The molecule has 0 fully saturated rings. The van der Waals surface area contributed by atoms with Gasteiger partial charge in [-0.3, -0.25) is 19.2 Å². The fourth-order valence-corrected chi connectivity index (χ4v) is 1.93. The minimum atomic E-state index is -1.62. The van der Waals surface area contributed by atoms with Gasteiger partial charge in [-0.1, -0.05) is 0 Å². The average molecular weight is 408 g/mol. The number of aliphatic carboxylic acids is 2. The van der Waals surface area contributed by atoms with E-state index in [2.05, 4.69) is 23.3 Å². The van der Waals surface area contributed by atoms with Crippen LogP contribution in [0.3, 0.4) is 0 Å². The molecule has 0 aromatic carbocycles. The molecular weight excluding hydrogens is 384 g/mol. The first-order chi connectivity index (χ1) is 12.5. The Labute approximate surface area is 160 Å². The van der Waals surface area contributed by atoms with Gasteiger partial charge in [0.25, 0.3) is 0 Å². The second-order valence-electron chi connectivity index (χ2n) is 5.59. The fourth-order valence-electron chi connectivity index (χ4n) is 1.76. The van der Waals surface area contributed by atoms with Crippen molar-refractivity contribution in [1.82, 2.24) is 16.0 Å². The summed E-state index contributed by atoms with van der Waals surface area (Å²) in [5.41, 5.74) is 5.47. The number of aliphatic hydroxyl groups excluding tert-OH is 1. The predicted octanol–water partition coefficient (Wildman–Crippen LogP) is -3.34. The molecule has 0 saturated carbocycles. The molecule has 0 aromatic rings. The number of hydrogen-bond donors (Lipinski definition) is 8. The van der Waals surface area contributed by atoms with E-state index >= 15 is 0 Å². The fraction of sp³-hybridized carbons (Fsp3) is 0.643. The Kier molecular flexibility index (Phi) is 11.0. The summed E-state index contributed by atoms with van der Waals surface area (Å²) in [4.78, 5) is 57.6. The maximum atomic E-state index is 12.2. The standard InChI is InChI=1S/C14H24N4O8S/c1-6(16-12(23)7(15)5-27)11(22)17-8(2-3-10(20)21)13(24)18-9(4-19)14(25)26/h6-9,19,27H,2-5,15H2,1H3,(H,16,23)(H,17,22)(H,18,24)(H,20,21)(H,25,26). The summed E-state index contributed by atoms with van der Waals surface area (Å²) in [6.07, 6.45) is -0.817. The molecule has 12 nitrogen and oxygen atoms in total. The summed E-state index contributed by atoms with van der Waals surface area (Å²) in [6, 6.07) is -5.06. The molecule has 0 aromatic heterocycles. The first-order valence-corrected chi connectivity index (χ1v) is 8.49. The lowest BCUT2D eigenvalue weighted by molar-refractivity contribution is -0.144. The molecule has 0 aliphatic carbocycles. The Hall–Kier alpha value is -2.38. The van der Waals surface area contributed by atoms with E-state index in [0.717, 1.165) is 0 Å². The van der Waals surface area contributed by atoms with Crippen LogP contribution in [-0.4, -0.2) is 81.5 Å². The molecule has 0 aliphatic rings. The number of thiol groups is 1. The van der Waals surface area contributed by atoms with Crippen LogP contribution in [0.2, 0.25) is 0 Å². The largest absolute Gasteiger partial charge is 0.481 e. The molecule has 0 bridgehead atoms. The van der Waals surface area contributed by atoms with E-state index in [-0.39, 0.29) is 12.2 Å². The number of nitrogens with two attached hydrogens (primary N) is 1. The predicted molar refractivity (Wildman–Crippen MR) is 94.9 cm³/mol. The van der Waals surface area contributed by atoms with Crippen molar-refractivity contribution in [3.05, 3.63) is 0 Å². The van der Waals surface area contributed by atoms with Crippen LogP contribution in [0.1, 0.15) is 19.8 Å². The Morgan fingerprint density at radius 3 is 1.96 bits per heavy atom. The minimum Gasteiger partial charge on any atom is -0.481 e. The number of aliphatic hydroxyl groups is 1. The minimum absolute atomic E-state index is 0.0432. The van der Waals surface area contributed by atoms with Gasteiger partial charge in [-0.2, -0.15) is 12.6 Å². The van der Waals surface area contributed by atoms with Gasteiger partial charge in [-0.05, 0) is 13.3 Å². The van der Waals surface area contributed by atoms with Crippen molar-refractivity contribution < 1.29 is 39.3 Å². The maximum Gasteiger partial charge on any atom is 0.328 e. The Balaban J connectivity index is 5.04. The number of amides is 3. The Morgan fingerprint density at radius 1 is 0.963 bits per heavy atom. The molecule has 0 rings (SSSR count). The third kappa shape index (κ3) is 9.21. The van der Waals surface area contributed by atoms with Crippen molar-refractivity contribution in [3.63, 3.8) is 0 Å². The van der Waals surface area contributed by atoms with Crippen LogP contribution in [0, 0.1) is 0 Å². The third-order valence-electron chi connectivity index (χ3n) is 3.36. The van der Waals surface area contributed by atoms with Crippen LogP contribution in [-0.2, 0) is 24.0 Å². The Morgan fingerprint density at radius 2 is 1.52 bits per heavy atom. The van der Waals surface area contributed by atoms with Gasteiger partial charge in [-0.25, -0.2) is 4.79 Å². The molecule has 27 heavy (non-hydrogen) atoms. The van der Waals surface area contributed by atoms with Crippen molar-refractivity contribution in [1.29, 1.82) is 0 Å². The summed E-state index contributed by atoms with van der Waals surface area (Å²) in [5, 5.41) is 33.1. The van der Waals surface area contributed by atoms with E-state index < -0.39 is 66.9 Å². The van der Waals surface area contributed by atoms with Gasteiger partial charge >= 0.3 is 11.9 Å². The van der Waals surface area contributed by atoms with Gasteiger partial charge in [0.15, 0.2) is 0 Å². The van der Waals surface area contributed by atoms with Crippen LogP contribution in [0.4, 0.5) is 0 Å². The number of hydrogen-bond acceptors (Lipinski definition) is 8. The van der Waals surface area contributed by atoms with Gasteiger partial charge in [0.2, 0.25) is 17.7 Å². The molecule has 0 spiro atoms. The average Bonchev–Trinajstić information content (AvgIpc) is 2.60. The molecule has 3 amide bonds. The van der Waals surface area contributed by atoms with Crippen LogP contribution >= 0.6 is 12.6 Å². The highest BCUT2D eigenvalue weighted by Gasteiger charge is 2.28. The van der Waals surface area contributed by atoms with E-state index in [1.165, 1.54) is 6.92 Å². The Bertz CT molecular complexity index is 573. The smallest absolute Gasteiger partial charge is 0.328 e. The van der Waals surface area contributed by atoms with Crippen LogP contribution in [0.15, 0.2) is 0 Å². The molecule has 0 saturated heterocycles. The van der Waals surface area contributed by atoms with E-state index in [4.69, 9.17) is 21.1 Å². The quantitative estimate of drug-likeness (QED) is 0.152. The van der Waals surface area contributed by atoms with Gasteiger partial charge in [-0.15, -0.1) is 0 Å². The zero-order valence-electron chi connectivity index (χ0n) is 14.5. The van der Waals surface area contributed by atoms with E-state index in [9.17, 15) is 24.0 Å². The molecule has 0 aliphatic heterocycles. The summed E-state index contributed by atoms with van der Waals surface area (Å²) in [5.74, 6) is -5.14. The first-order valence-electron chi connectivity index (χ1n) is 7.86. The number of carboxylic acids is 2. The normalized spacial score (nSPS) is 15.0. The van der Waals surface area contributed by atoms with E-state index in [1.807, 2.05) is 5.32 Å². The number of nitrogens with one attached hydrogen (secondary N) is 3. The van der Waals surface area contributed by atoms with Crippen LogP contribution in [0.5, 0.6) is 0 Å². The zero-order chi connectivity index (χ0) is 21.1. The van der Waals surface area contributed by atoms with Crippen molar-refractivity contribution in [2.24, 2.45) is 5.73 Å². The van der Waals surface area contributed by atoms with Gasteiger partial charge in [0, 0.05) is 12.2 Å². The summed E-state index contributed by atoms with van der Waals surface area (Å²) < 4.78 is 0. The van der Waals surface area contributed by atoms with Gasteiger partial charge in [0.05, 0.1) is 12.6 Å². The molecule has 13 heteroatoms. The second kappa shape index (κ2) is 12.1. The monoisotopic (exact) mass is 408 g/mol. The molecule has 0 heterocycles. The number of rotatable bonds is 12. The highest BCUT2D eigenvalue weighted by molar-refractivity contribution is 7.80. The maximum absolute atomic E-state index is 12.2. The zero-order valence-corrected chi connectivity index (χ0v) is 15.4. The summed E-state index contributed by atoms with van der Waals surface area (Å²) >= 11 is 3.85. The topological polar surface area (TPSA) is 208 Å². The molecule has 4 unspecified atom stereocenters. The lowest BCUT2D eigenvalue weighted by atomic mass is 10.1. The number of carboxylic acid groups (broad SMARTS) is 2. The molecular formula is C14H24N4O8S. The summed E-state index contributed by atoms with van der Waals surface area (Å²) in [7, 11) is 0. The highest BCUT2D eigenvalue weighted by atomic mass is 32.1. The van der Waals surface area contributed by atoms with Gasteiger partial charge < -0.3 is 37.0 Å². The first kappa shape index (κ1) is 24.6.